The summed E-state index contributed by atoms with van der Waals surface area (Å²) in [5, 5.41) is 9.18. The Labute approximate surface area is 187 Å². The fourth-order valence-electron chi connectivity index (χ4n) is 2.08. The van der Waals surface area contributed by atoms with Gasteiger partial charge in [-0.2, -0.15) is 0 Å². The SMILES string of the molecule is Cc1cccc(C(=O)N[C@H](NC(=S)Nc2ccc(Cl)cc2Cl)C(Cl)(Cl)Cl)c1. The zero-order valence-corrected chi connectivity index (χ0v) is 18.4. The van der Waals surface area contributed by atoms with Crippen LogP contribution in [0.2, 0.25) is 10.0 Å². The summed E-state index contributed by atoms with van der Waals surface area (Å²) in [7, 11) is 0. The number of anilines is 1. The molecule has 2 aromatic carbocycles. The molecule has 0 aliphatic carbocycles. The van der Waals surface area contributed by atoms with Crippen molar-refractivity contribution in [3.63, 3.8) is 0 Å². The molecule has 2 rings (SSSR count). The molecule has 3 N–H and O–H groups in total. The van der Waals surface area contributed by atoms with Gasteiger partial charge in [0, 0.05) is 10.6 Å². The van der Waals surface area contributed by atoms with E-state index in [2.05, 4.69) is 16.0 Å². The van der Waals surface area contributed by atoms with Crippen molar-refractivity contribution >= 4 is 86.9 Å². The van der Waals surface area contributed by atoms with Gasteiger partial charge in [0.2, 0.25) is 3.79 Å². The molecule has 2 aromatic rings. The maximum atomic E-state index is 12.5. The maximum absolute atomic E-state index is 12.5. The van der Waals surface area contributed by atoms with Gasteiger partial charge >= 0.3 is 0 Å². The molecule has 10 heteroatoms. The molecule has 4 nitrogen and oxygen atoms in total. The van der Waals surface area contributed by atoms with Crippen LogP contribution in [0.25, 0.3) is 0 Å². The average molecular weight is 486 g/mol. The van der Waals surface area contributed by atoms with Crippen molar-refractivity contribution in [1.29, 1.82) is 0 Å². The van der Waals surface area contributed by atoms with E-state index in [9.17, 15) is 4.79 Å². The first-order valence-corrected chi connectivity index (χ1v) is 9.83. The molecule has 0 unspecified atom stereocenters. The summed E-state index contributed by atoms with van der Waals surface area (Å²) in [6.45, 7) is 1.87. The summed E-state index contributed by atoms with van der Waals surface area (Å²) in [5.41, 5.74) is 1.86. The Balaban J connectivity index is 2.10. The molecule has 0 heterocycles. The van der Waals surface area contributed by atoms with Gasteiger partial charge in [0.05, 0.1) is 10.7 Å². The van der Waals surface area contributed by atoms with Crippen molar-refractivity contribution in [2.75, 3.05) is 5.32 Å². The van der Waals surface area contributed by atoms with Crippen LogP contribution in [0.3, 0.4) is 0 Å². The van der Waals surface area contributed by atoms with Crippen molar-refractivity contribution in [2.24, 2.45) is 0 Å². The van der Waals surface area contributed by atoms with E-state index in [1.807, 2.05) is 13.0 Å². The minimum atomic E-state index is -1.87. The minimum absolute atomic E-state index is 0.0973. The van der Waals surface area contributed by atoms with Crippen LogP contribution in [-0.4, -0.2) is 21.0 Å². The van der Waals surface area contributed by atoms with Crippen LogP contribution >= 0.6 is 70.2 Å². The van der Waals surface area contributed by atoms with Gasteiger partial charge in [-0.25, -0.2) is 0 Å². The minimum Gasteiger partial charge on any atom is -0.339 e. The van der Waals surface area contributed by atoms with Crippen LogP contribution in [0.15, 0.2) is 42.5 Å². The molecule has 0 aliphatic heterocycles. The Hall–Kier alpha value is -0.950. The molecular weight excluding hydrogens is 472 g/mol. The Bertz CT molecular complexity index is 857. The van der Waals surface area contributed by atoms with Gasteiger partial charge in [-0.3, -0.25) is 4.79 Å². The molecule has 144 valence electrons. The summed E-state index contributed by atoms with van der Waals surface area (Å²) in [6, 6.07) is 11.8. The number of carbonyl (C=O) groups excluding carboxylic acids is 1. The van der Waals surface area contributed by atoms with Crippen LogP contribution in [0.5, 0.6) is 0 Å². The first-order chi connectivity index (χ1) is 12.6. The lowest BCUT2D eigenvalue weighted by atomic mass is 10.1. The Kier molecular flexibility index (Phi) is 7.86. The number of hydrogen-bond donors (Lipinski definition) is 3. The van der Waals surface area contributed by atoms with Crippen LogP contribution in [0, 0.1) is 6.92 Å². The van der Waals surface area contributed by atoms with E-state index in [1.54, 1.807) is 36.4 Å². The summed E-state index contributed by atoms with van der Waals surface area (Å²) >= 11 is 35.1. The molecule has 0 bridgehead atoms. The number of hydrogen-bond acceptors (Lipinski definition) is 2. The predicted molar refractivity (Wildman–Crippen MR) is 119 cm³/mol. The fourth-order valence-corrected chi connectivity index (χ4v) is 3.09. The van der Waals surface area contributed by atoms with Crippen LogP contribution in [-0.2, 0) is 0 Å². The molecular formula is C17H14Cl5N3OS. The zero-order chi connectivity index (χ0) is 20.2. The highest BCUT2D eigenvalue weighted by Gasteiger charge is 2.35. The average Bonchev–Trinajstić information content (AvgIpc) is 2.56. The molecule has 27 heavy (non-hydrogen) atoms. The lowest BCUT2D eigenvalue weighted by Crippen LogP contribution is -2.56. The standard InChI is InChI=1S/C17H14Cl5N3OS/c1-9-3-2-4-10(7-9)14(26)24-15(17(20,21)22)25-16(27)23-13-6-5-11(18)8-12(13)19/h2-8,15H,1H3,(H,24,26)(H2,23,25,27)/t15-/m1/s1. The molecule has 0 aromatic heterocycles. The molecule has 0 saturated carbocycles. The summed E-state index contributed by atoms with van der Waals surface area (Å²) in [4.78, 5) is 12.5. The van der Waals surface area contributed by atoms with Gasteiger partial charge in [-0.15, -0.1) is 0 Å². The number of aryl methyl sites for hydroxylation is 1. The molecule has 0 aliphatic rings. The molecule has 0 saturated heterocycles. The van der Waals surface area contributed by atoms with Crippen LogP contribution in [0.4, 0.5) is 5.69 Å². The van der Waals surface area contributed by atoms with E-state index < -0.39 is 15.9 Å². The number of thiocarbonyl (C=S) groups is 1. The van der Waals surface area contributed by atoms with Gasteiger partial charge in [0.25, 0.3) is 5.91 Å². The number of benzene rings is 2. The molecule has 0 spiro atoms. The van der Waals surface area contributed by atoms with E-state index >= 15 is 0 Å². The highest BCUT2D eigenvalue weighted by molar-refractivity contribution is 7.80. The Morgan fingerprint density at radius 3 is 2.37 bits per heavy atom. The first-order valence-electron chi connectivity index (χ1n) is 7.53. The third kappa shape index (κ3) is 6.86. The van der Waals surface area contributed by atoms with Crippen molar-refractivity contribution in [2.45, 2.75) is 16.9 Å². The van der Waals surface area contributed by atoms with E-state index in [0.717, 1.165) is 5.56 Å². The van der Waals surface area contributed by atoms with E-state index in [-0.39, 0.29) is 5.11 Å². The molecule has 1 amide bonds. The molecule has 1 atom stereocenters. The van der Waals surface area contributed by atoms with Gasteiger partial charge in [0.15, 0.2) is 5.11 Å². The van der Waals surface area contributed by atoms with E-state index in [1.165, 1.54) is 0 Å². The van der Waals surface area contributed by atoms with Gasteiger partial charge in [-0.05, 0) is 49.5 Å². The monoisotopic (exact) mass is 483 g/mol. The van der Waals surface area contributed by atoms with E-state index in [0.29, 0.717) is 21.3 Å². The van der Waals surface area contributed by atoms with E-state index in [4.69, 9.17) is 70.2 Å². The lowest BCUT2D eigenvalue weighted by molar-refractivity contribution is 0.0934. The summed E-state index contributed by atoms with van der Waals surface area (Å²) < 4.78 is -1.87. The van der Waals surface area contributed by atoms with Crippen LogP contribution in [0.1, 0.15) is 15.9 Å². The number of rotatable bonds is 4. The maximum Gasteiger partial charge on any atom is 0.252 e. The van der Waals surface area contributed by atoms with Crippen molar-refractivity contribution in [3.05, 3.63) is 63.6 Å². The second-order valence-electron chi connectivity index (χ2n) is 5.54. The fraction of sp³-hybridized carbons (Fsp3) is 0.176. The topological polar surface area (TPSA) is 53.2 Å². The number of halogens is 5. The number of amides is 1. The van der Waals surface area contributed by atoms with Crippen molar-refractivity contribution < 1.29 is 4.79 Å². The van der Waals surface area contributed by atoms with Crippen LogP contribution < -0.4 is 16.0 Å². The van der Waals surface area contributed by atoms with Gasteiger partial charge in [-0.1, -0.05) is 75.7 Å². The highest BCUT2D eigenvalue weighted by atomic mass is 35.6. The third-order valence-corrected chi connectivity index (χ3v) is 4.76. The van der Waals surface area contributed by atoms with Gasteiger partial charge in [0.1, 0.15) is 6.17 Å². The number of alkyl halides is 3. The largest absolute Gasteiger partial charge is 0.339 e. The second kappa shape index (κ2) is 9.50. The second-order valence-corrected chi connectivity index (χ2v) is 9.16. The zero-order valence-electron chi connectivity index (χ0n) is 13.8. The van der Waals surface area contributed by atoms with Gasteiger partial charge < -0.3 is 16.0 Å². The highest BCUT2D eigenvalue weighted by Crippen LogP contribution is 2.30. The first kappa shape index (κ1) is 22.3. The van der Waals surface area contributed by atoms with Crippen molar-refractivity contribution in [1.82, 2.24) is 10.6 Å². The molecule has 0 fully saturated rings. The smallest absolute Gasteiger partial charge is 0.252 e. The summed E-state index contributed by atoms with van der Waals surface area (Å²) in [5.74, 6) is -0.421. The summed E-state index contributed by atoms with van der Waals surface area (Å²) in [6.07, 6.45) is -1.10. The quantitative estimate of drug-likeness (QED) is 0.295. The molecule has 0 radical (unpaired) electrons. The predicted octanol–water partition coefficient (Wildman–Crippen LogP) is 5.71. The number of nitrogens with one attached hydrogen (secondary N) is 3. The third-order valence-electron chi connectivity index (χ3n) is 3.34. The Morgan fingerprint density at radius 1 is 1.07 bits per heavy atom. The number of carbonyl (C=O) groups is 1. The normalized spacial score (nSPS) is 12.2. The Morgan fingerprint density at radius 2 is 1.78 bits per heavy atom. The van der Waals surface area contributed by atoms with Crippen molar-refractivity contribution in [3.8, 4) is 0 Å². The lowest BCUT2D eigenvalue weighted by Gasteiger charge is -2.28.